The zero-order chi connectivity index (χ0) is 13.6. The molecule has 96 valence electrons. The quantitative estimate of drug-likeness (QED) is 0.597. The number of aromatic nitrogens is 3. The second-order valence-corrected chi connectivity index (χ2v) is 5.97. The molecule has 7 heteroatoms. The maximum absolute atomic E-state index is 6.00. The standard InChI is InChI=1S/C12H6BrCl2N3S/c13-8-4-7(1-2-9(8)15)18-11-10(17-12(18)19)3-6(14)5-16-11/h1-5H,(H,17,19). The van der Waals surface area contributed by atoms with Crippen LogP contribution in [0.2, 0.25) is 10.0 Å². The molecule has 0 unspecified atom stereocenters. The van der Waals surface area contributed by atoms with Gasteiger partial charge in [0.05, 0.1) is 21.2 Å². The predicted octanol–water partition coefficient (Wildman–Crippen LogP) is 5.15. The van der Waals surface area contributed by atoms with Gasteiger partial charge in [-0.3, -0.25) is 4.57 Å². The Morgan fingerprint density at radius 1 is 1.26 bits per heavy atom. The van der Waals surface area contributed by atoms with Crippen LogP contribution in [-0.4, -0.2) is 14.5 Å². The molecule has 2 aromatic heterocycles. The van der Waals surface area contributed by atoms with Crippen LogP contribution in [0.15, 0.2) is 34.9 Å². The topological polar surface area (TPSA) is 33.6 Å². The third-order valence-corrected chi connectivity index (χ3v) is 4.36. The molecule has 0 atom stereocenters. The number of rotatable bonds is 1. The molecular formula is C12H6BrCl2N3S. The van der Waals surface area contributed by atoms with Gasteiger partial charge in [0.15, 0.2) is 10.4 Å². The normalized spacial score (nSPS) is 11.1. The van der Waals surface area contributed by atoms with E-state index in [9.17, 15) is 0 Å². The Hall–Kier alpha value is -0.880. The molecular weight excluding hydrogens is 369 g/mol. The highest BCUT2D eigenvalue weighted by atomic mass is 79.9. The number of nitrogens with zero attached hydrogens (tertiary/aromatic N) is 2. The van der Waals surface area contributed by atoms with Gasteiger partial charge in [0.1, 0.15) is 0 Å². The minimum absolute atomic E-state index is 0.555. The number of hydrogen-bond donors (Lipinski definition) is 1. The molecule has 0 saturated carbocycles. The Balaban J connectivity index is 2.32. The monoisotopic (exact) mass is 373 g/mol. The molecule has 1 N–H and O–H groups in total. The Bertz CT molecular complexity index is 841. The molecule has 0 spiro atoms. The lowest BCUT2D eigenvalue weighted by atomic mass is 10.3. The summed E-state index contributed by atoms with van der Waals surface area (Å²) in [5.41, 5.74) is 2.40. The Kier molecular flexibility index (Phi) is 3.39. The van der Waals surface area contributed by atoms with Crippen molar-refractivity contribution in [2.24, 2.45) is 0 Å². The molecule has 1 aromatic carbocycles. The van der Waals surface area contributed by atoms with E-state index >= 15 is 0 Å². The Morgan fingerprint density at radius 2 is 2.05 bits per heavy atom. The highest BCUT2D eigenvalue weighted by molar-refractivity contribution is 9.10. The molecule has 2 heterocycles. The van der Waals surface area contributed by atoms with Gasteiger partial charge in [-0.25, -0.2) is 4.98 Å². The third-order valence-electron chi connectivity index (χ3n) is 2.65. The first-order valence-corrected chi connectivity index (χ1v) is 7.23. The van der Waals surface area contributed by atoms with Crippen LogP contribution in [0.1, 0.15) is 0 Å². The fourth-order valence-corrected chi connectivity index (χ4v) is 2.78. The largest absolute Gasteiger partial charge is 0.329 e. The predicted molar refractivity (Wildman–Crippen MR) is 84.0 cm³/mol. The van der Waals surface area contributed by atoms with Gasteiger partial charge >= 0.3 is 0 Å². The number of fused-ring (bicyclic) bond motifs is 1. The molecule has 3 nitrogen and oxygen atoms in total. The molecule has 0 bridgehead atoms. The average molecular weight is 375 g/mol. The fourth-order valence-electron chi connectivity index (χ4n) is 1.83. The number of aromatic amines is 1. The summed E-state index contributed by atoms with van der Waals surface area (Å²) in [4.78, 5) is 7.40. The van der Waals surface area contributed by atoms with E-state index in [1.807, 2.05) is 16.7 Å². The van der Waals surface area contributed by atoms with Crippen molar-refractivity contribution in [2.45, 2.75) is 0 Å². The smallest absolute Gasteiger partial charge is 0.183 e. The minimum Gasteiger partial charge on any atom is -0.329 e. The Labute approximate surface area is 132 Å². The van der Waals surface area contributed by atoms with Crippen molar-refractivity contribution in [1.82, 2.24) is 14.5 Å². The van der Waals surface area contributed by atoms with E-state index in [-0.39, 0.29) is 0 Å². The van der Waals surface area contributed by atoms with Crippen LogP contribution in [0, 0.1) is 4.77 Å². The summed E-state index contributed by atoms with van der Waals surface area (Å²) in [7, 11) is 0. The van der Waals surface area contributed by atoms with E-state index in [0.29, 0.717) is 14.8 Å². The SMILES string of the molecule is S=c1[nH]c2cc(Cl)cnc2n1-c1ccc(Cl)c(Br)c1. The molecule has 19 heavy (non-hydrogen) atoms. The number of pyridine rings is 1. The van der Waals surface area contributed by atoms with Gasteiger partial charge in [-0.15, -0.1) is 0 Å². The summed E-state index contributed by atoms with van der Waals surface area (Å²) < 4.78 is 3.19. The molecule has 0 fully saturated rings. The maximum atomic E-state index is 6.00. The lowest BCUT2D eigenvalue weighted by molar-refractivity contribution is 1.04. The first kappa shape index (κ1) is 13.1. The molecule has 0 aliphatic rings. The summed E-state index contributed by atoms with van der Waals surface area (Å²) in [6.07, 6.45) is 1.59. The second-order valence-electron chi connectivity index (χ2n) is 3.89. The van der Waals surface area contributed by atoms with E-state index in [4.69, 9.17) is 35.4 Å². The minimum atomic E-state index is 0.555. The number of imidazole rings is 1. The van der Waals surface area contributed by atoms with Gasteiger partial charge in [0.25, 0.3) is 0 Å². The van der Waals surface area contributed by atoms with Gasteiger partial charge in [0, 0.05) is 10.7 Å². The number of benzene rings is 1. The van der Waals surface area contributed by atoms with Crippen molar-refractivity contribution < 1.29 is 0 Å². The van der Waals surface area contributed by atoms with E-state index in [1.165, 1.54) is 0 Å². The van der Waals surface area contributed by atoms with Gasteiger partial charge < -0.3 is 4.98 Å². The number of halogens is 3. The average Bonchev–Trinajstić information content (AvgIpc) is 2.68. The highest BCUT2D eigenvalue weighted by Gasteiger charge is 2.09. The van der Waals surface area contributed by atoms with Crippen LogP contribution in [0.3, 0.4) is 0 Å². The van der Waals surface area contributed by atoms with Crippen LogP contribution in [0.25, 0.3) is 16.9 Å². The van der Waals surface area contributed by atoms with Crippen molar-refractivity contribution in [3.8, 4) is 5.69 Å². The van der Waals surface area contributed by atoms with E-state index < -0.39 is 0 Å². The van der Waals surface area contributed by atoms with Crippen molar-refractivity contribution in [2.75, 3.05) is 0 Å². The molecule has 3 rings (SSSR count). The van der Waals surface area contributed by atoms with E-state index in [1.54, 1.807) is 18.3 Å². The van der Waals surface area contributed by atoms with Crippen LogP contribution in [-0.2, 0) is 0 Å². The van der Waals surface area contributed by atoms with Crippen LogP contribution in [0.4, 0.5) is 0 Å². The Morgan fingerprint density at radius 3 is 2.79 bits per heavy atom. The number of hydrogen-bond acceptors (Lipinski definition) is 2. The summed E-state index contributed by atoms with van der Waals surface area (Å²) >= 11 is 20.7. The zero-order valence-corrected chi connectivity index (χ0v) is 13.2. The van der Waals surface area contributed by atoms with Crippen molar-refractivity contribution in [1.29, 1.82) is 0 Å². The number of H-pyrrole nitrogens is 1. The summed E-state index contributed by atoms with van der Waals surface area (Å²) in [6.45, 7) is 0. The molecule has 0 aliphatic carbocycles. The van der Waals surface area contributed by atoms with Gasteiger partial charge in [0.2, 0.25) is 0 Å². The van der Waals surface area contributed by atoms with Gasteiger partial charge in [-0.05, 0) is 52.4 Å². The maximum Gasteiger partial charge on any atom is 0.183 e. The fraction of sp³-hybridized carbons (Fsp3) is 0. The highest BCUT2D eigenvalue weighted by Crippen LogP contribution is 2.27. The molecule has 3 aromatic rings. The number of nitrogens with one attached hydrogen (secondary N) is 1. The lowest BCUT2D eigenvalue weighted by Crippen LogP contribution is -1.95. The molecule has 0 radical (unpaired) electrons. The van der Waals surface area contributed by atoms with Crippen LogP contribution in [0.5, 0.6) is 0 Å². The lowest BCUT2D eigenvalue weighted by Gasteiger charge is -2.05. The van der Waals surface area contributed by atoms with Gasteiger partial charge in [-0.1, -0.05) is 23.2 Å². The summed E-state index contributed by atoms with van der Waals surface area (Å²) in [5, 5.41) is 1.21. The zero-order valence-electron chi connectivity index (χ0n) is 9.32. The first-order valence-electron chi connectivity index (χ1n) is 5.28. The van der Waals surface area contributed by atoms with E-state index in [0.717, 1.165) is 21.3 Å². The third kappa shape index (κ3) is 2.31. The summed E-state index contributed by atoms with van der Waals surface area (Å²) in [6, 6.07) is 7.37. The molecule has 0 aliphatic heterocycles. The van der Waals surface area contributed by atoms with Crippen molar-refractivity contribution in [3.05, 3.63) is 49.8 Å². The van der Waals surface area contributed by atoms with Crippen molar-refractivity contribution >= 4 is 62.5 Å². The van der Waals surface area contributed by atoms with Crippen LogP contribution < -0.4 is 0 Å². The summed E-state index contributed by atoms with van der Waals surface area (Å²) in [5.74, 6) is 0. The second kappa shape index (κ2) is 4.90. The van der Waals surface area contributed by atoms with Gasteiger partial charge in [-0.2, -0.15) is 0 Å². The first-order chi connectivity index (χ1) is 9.06. The van der Waals surface area contributed by atoms with Crippen LogP contribution >= 0.6 is 51.3 Å². The van der Waals surface area contributed by atoms with E-state index in [2.05, 4.69) is 25.9 Å². The van der Waals surface area contributed by atoms with Crippen molar-refractivity contribution in [3.63, 3.8) is 0 Å². The molecule has 0 amide bonds. The molecule has 0 saturated heterocycles.